The van der Waals surface area contributed by atoms with Crippen molar-refractivity contribution in [1.29, 1.82) is 0 Å². The summed E-state index contributed by atoms with van der Waals surface area (Å²) >= 11 is 0. The number of hydrogen-bond donors (Lipinski definition) is 2. The van der Waals surface area contributed by atoms with Crippen LogP contribution in [-0.2, 0) is 24.3 Å². The third kappa shape index (κ3) is 6.50. The van der Waals surface area contributed by atoms with E-state index in [1.54, 1.807) is 29.8 Å². The maximum atomic E-state index is 12.4. The Morgan fingerprint density at radius 1 is 1.00 bits per heavy atom. The normalized spacial score (nSPS) is 11.2. The number of ether oxygens (including phenoxy) is 1. The molecule has 0 spiro atoms. The number of nitrogens with one attached hydrogen (secondary N) is 2. The number of aromatic nitrogens is 2. The zero-order valence-corrected chi connectivity index (χ0v) is 19.5. The number of anilines is 1. The number of amides is 1. The van der Waals surface area contributed by atoms with Crippen LogP contribution in [0.15, 0.2) is 59.5 Å². The van der Waals surface area contributed by atoms with Gasteiger partial charge in [-0.25, -0.2) is 17.8 Å². The molecule has 0 radical (unpaired) electrons. The molecular weight excluding hydrogens is 444 g/mol. The van der Waals surface area contributed by atoms with Gasteiger partial charge in [0.1, 0.15) is 5.82 Å². The first-order chi connectivity index (χ1) is 15.7. The summed E-state index contributed by atoms with van der Waals surface area (Å²) < 4.78 is 33.6. The first kappa shape index (κ1) is 24.1. The summed E-state index contributed by atoms with van der Waals surface area (Å²) in [5.41, 5.74) is 3.32. The van der Waals surface area contributed by atoms with Gasteiger partial charge in [0.2, 0.25) is 10.0 Å². The number of sulfonamides is 1. The molecule has 0 aliphatic carbocycles. The number of benzene rings is 2. The van der Waals surface area contributed by atoms with Crippen LogP contribution in [0.2, 0.25) is 0 Å². The predicted octanol–water partition coefficient (Wildman–Crippen LogP) is 2.65. The molecule has 0 fully saturated rings. The predicted molar refractivity (Wildman–Crippen MR) is 124 cm³/mol. The molecule has 0 aliphatic rings. The van der Waals surface area contributed by atoms with Crippen molar-refractivity contribution in [3.05, 3.63) is 71.4 Å². The Labute approximate surface area is 192 Å². The van der Waals surface area contributed by atoms with E-state index in [1.165, 1.54) is 6.07 Å². The Bertz CT molecular complexity index is 1250. The molecule has 33 heavy (non-hydrogen) atoms. The zero-order valence-electron chi connectivity index (χ0n) is 18.7. The first-order valence-corrected chi connectivity index (χ1v) is 11.8. The van der Waals surface area contributed by atoms with Crippen molar-refractivity contribution in [3.63, 3.8) is 0 Å². The minimum atomic E-state index is -3.74. The quantitative estimate of drug-likeness (QED) is 0.464. The molecule has 1 aromatic heterocycles. The fourth-order valence-electron chi connectivity index (χ4n) is 3.00. The average Bonchev–Trinajstić information content (AvgIpc) is 3.14. The Hall–Kier alpha value is -3.50. The van der Waals surface area contributed by atoms with E-state index in [4.69, 9.17) is 4.74 Å². The van der Waals surface area contributed by atoms with Crippen LogP contribution < -0.4 is 10.0 Å². The molecule has 3 rings (SSSR count). The maximum absolute atomic E-state index is 12.4. The van der Waals surface area contributed by atoms with E-state index in [0.717, 1.165) is 16.8 Å². The number of hydrogen-bond acceptors (Lipinski definition) is 6. The van der Waals surface area contributed by atoms with E-state index in [-0.39, 0.29) is 17.9 Å². The molecule has 9 nitrogen and oxygen atoms in total. The van der Waals surface area contributed by atoms with Gasteiger partial charge in [0.15, 0.2) is 6.61 Å². The summed E-state index contributed by atoms with van der Waals surface area (Å²) in [6, 6.07) is 15.8. The van der Waals surface area contributed by atoms with E-state index in [0.29, 0.717) is 11.5 Å². The van der Waals surface area contributed by atoms with Crippen LogP contribution in [0.5, 0.6) is 0 Å². The molecule has 0 saturated carbocycles. The fraction of sp³-hybridized carbons (Fsp3) is 0.261. The summed E-state index contributed by atoms with van der Waals surface area (Å²) in [4.78, 5) is 24.3. The van der Waals surface area contributed by atoms with Gasteiger partial charge in [-0.05, 0) is 56.2 Å². The van der Waals surface area contributed by atoms with Crippen molar-refractivity contribution in [2.75, 3.05) is 18.5 Å². The smallest absolute Gasteiger partial charge is 0.307 e. The largest absolute Gasteiger partial charge is 0.456 e. The fourth-order valence-corrected chi connectivity index (χ4v) is 4.12. The molecule has 0 aliphatic heterocycles. The van der Waals surface area contributed by atoms with Crippen molar-refractivity contribution < 1.29 is 22.7 Å². The zero-order chi connectivity index (χ0) is 24.0. The molecule has 0 bridgehead atoms. The highest BCUT2D eigenvalue weighted by Crippen LogP contribution is 2.17. The topological polar surface area (TPSA) is 119 Å². The standard InChI is InChI=1S/C23H26N4O5S/c1-16-9-10-20(13-17(16)2)33(30,31)24-12-11-23(29)32-15-22(28)25-21-14-18(3)26-27(21)19-7-5-4-6-8-19/h4-10,13-14,24H,11-12,15H2,1-3H3,(H,25,28). The van der Waals surface area contributed by atoms with Crippen molar-refractivity contribution in [2.24, 2.45) is 0 Å². The average molecular weight is 471 g/mol. The van der Waals surface area contributed by atoms with Gasteiger partial charge >= 0.3 is 5.97 Å². The number of carbonyl (C=O) groups excluding carboxylic acids is 2. The number of aryl methyl sites for hydroxylation is 3. The molecule has 10 heteroatoms. The molecule has 1 amide bonds. The molecule has 3 aromatic rings. The number of nitrogens with zero attached hydrogens (tertiary/aromatic N) is 2. The Morgan fingerprint density at radius 3 is 2.42 bits per heavy atom. The first-order valence-electron chi connectivity index (χ1n) is 10.3. The number of esters is 1. The summed E-state index contributed by atoms with van der Waals surface area (Å²) in [6.45, 7) is 4.87. The van der Waals surface area contributed by atoms with Gasteiger partial charge in [0.25, 0.3) is 5.91 Å². The van der Waals surface area contributed by atoms with Crippen LogP contribution in [-0.4, -0.2) is 43.2 Å². The minimum Gasteiger partial charge on any atom is -0.456 e. The second-order valence-electron chi connectivity index (χ2n) is 7.52. The molecule has 174 valence electrons. The second kappa shape index (κ2) is 10.4. The number of carbonyl (C=O) groups is 2. The Kier molecular flexibility index (Phi) is 7.62. The van der Waals surface area contributed by atoms with E-state index < -0.39 is 28.5 Å². The van der Waals surface area contributed by atoms with Crippen LogP contribution in [0.25, 0.3) is 5.69 Å². The van der Waals surface area contributed by atoms with Gasteiger partial charge < -0.3 is 10.1 Å². The lowest BCUT2D eigenvalue weighted by atomic mass is 10.1. The lowest BCUT2D eigenvalue weighted by Crippen LogP contribution is -2.28. The Morgan fingerprint density at radius 2 is 1.73 bits per heavy atom. The van der Waals surface area contributed by atoms with Gasteiger partial charge in [-0.3, -0.25) is 9.59 Å². The monoisotopic (exact) mass is 470 g/mol. The van der Waals surface area contributed by atoms with Gasteiger partial charge in [-0.1, -0.05) is 24.3 Å². The third-order valence-electron chi connectivity index (χ3n) is 4.87. The lowest BCUT2D eigenvalue weighted by Gasteiger charge is -2.10. The highest BCUT2D eigenvalue weighted by Gasteiger charge is 2.16. The van der Waals surface area contributed by atoms with E-state index >= 15 is 0 Å². The van der Waals surface area contributed by atoms with Crippen LogP contribution in [0, 0.1) is 20.8 Å². The summed E-state index contributed by atoms with van der Waals surface area (Å²) in [5, 5.41) is 7.03. The molecule has 1 heterocycles. The van der Waals surface area contributed by atoms with Crippen molar-refractivity contribution in [2.45, 2.75) is 32.1 Å². The molecule has 0 atom stereocenters. The minimum absolute atomic E-state index is 0.128. The molecule has 2 N–H and O–H groups in total. The Balaban J connectivity index is 1.48. The lowest BCUT2D eigenvalue weighted by molar-refractivity contribution is -0.147. The van der Waals surface area contributed by atoms with E-state index in [9.17, 15) is 18.0 Å². The van der Waals surface area contributed by atoms with Crippen LogP contribution in [0.3, 0.4) is 0 Å². The second-order valence-corrected chi connectivity index (χ2v) is 9.29. The summed E-state index contributed by atoms with van der Waals surface area (Å²) in [6.07, 6.45) is -0.210. The van der Waals surface area contributed by atoms with Crippen LogP contribution in [0.1, 0.15) is 23.2 Å². The molecule has 0 saturated heterocycles. The van der Waals surface area contributed by atoms with E-state index in [2.05, 4.69) is 15.1 Å². The summed E-state index contributed by atoms with van der Waals surface area (Å²) in [5.74, 6) is -0.780. The SMILES string of the molecule is Cc1cc(NC(=O)COC(=O)CCNS(=O)(=O)c2ccc(C)c(C)c2)n(-c2ccccc2)n1. The van der Waals surface area contributed by atoms with Gasteiger partial charge in [0.05, 0.1) is 22.7 Å². The van der Waals surface area contributed by atoms with Crippen LogP contribution in [0.4, 0.5) is 5.82 Å². The molecule has 0 unspecified atom stereocenters. The maximum Gasteiger partial charge on any atom is 0.307 e. The van der Waals surface area contributed by atoms with Crippen molar-refractivity contribution in [3.8, 4) is 5.69 Å². The molecule has 2 aromatic carbocycles. The van der Waals surface area contributed by atoms with Gasteiger partial charge in [-0.2, -0.15) is 5.10 Å². The highest BCUT2D eigenvalue weighted by molar-refractivity contribution is 7.89. The highest BCUT2D eigenvalue weighted by atomic mass is 32.2. The van der Waals surface area contributed by atoms with Crippen molar-refractivity contribution in [1.82, 2.24) is 14.5 Å². The third-order valence-corrected chi connectivity index (χ3v) is 6.33. The van der Waals surface area contributed by atoms with Gasteiger partial charge in [-0.15, -0.1) is 0 Å². The number of para-hydroxylation sites is 1. The molecular formula is C23H26N4O5S. The van der Waals surface area contributed by atoms with Crippen LogP contribution >= 0.6 is 0 Å². The summed E-state index contributed by atoms with van der Waals surface area (Å²) in [7, 11) is -3.74. The van der Waals surface area contributed by atoms with E-state index in [1.807, 2.05) is 44.2 Å². The number of rotatable bonds is 9. The van der Waals surface area contributed by atoms with Crippen molar-refractivity contribution >= 4 is 27.7 Å². The van der Waals surface area contributed by atoms with Gasteiger partial charge in [0, 0.05) is 12.6 Å².